The normalized spacial score (nSPS) is 10.6. The lowest BCUT2D eigenvalue weighted by atomic mass is 10.0. The van der Waals surface area contributed by atoms with Gasteiger partial charge in [0, 0.05) is 29.2 Å². The molecular weight excluding hydrogens is 276 g/mol. The van der Waals surface area contributed by atoms with Crippen LogP contribution in [-0.2, 0) is 0 Å². The molecule has 0 aliphatic carbocycles. The molecule has 0 atom stereocenters. The standard InChI is InChI=1S/C18H16N2O2/c1-12-15(18(19)22)9-10-20(12)14-7-8-16(17(21)11-14)13-5-3-2-4-6-13/h2-11,21H,1H3,(H2,19,22). The van der Waals surface area contributed by atoms with E-state index in [1.807, 2.05) is 54.0 Å². The lowest BCUT2D eigenvalue weighted by Gasteiger charge is -2.10. The molecule has 3 rings (SSSR count). The molecule has 3 N–H and O–H groups in total. The van der Waals surface area contributed by atoms with Crippen LogP contribution in [0.25, 0.3) is 16.8 Å². The van der Waals surface area contributed by atoms with E-state index >= 15 is 0 Å². The molecule has 2 aromatic carbocycles. The molecule has 3 aromatic rings. The number of aromatic hydroxyl groups is 1. The van der Waals surface area contributed by atoms with Crippen LogP contribution in [0.2, 0.25) is 0 Å². The van der Waals surface area contributed by atoms with E-state index in [9.17, 15) is 9.90 Å². The van der Waals surface area contributed by atoms with E-state index in [0.717, 1.165) is 22.5 Å². The Kier molecular flexibility index (Phi) is 3.43. The molecule has 0 saturated carbocycles. The fraction of sp³-hybridized carbons (Fsp3) is 0.0556. The van der Waals surface area contributed by atoms with Crippen LogP contribution < -0.4 is 5.73 Å². The van der Waals surface area contributed by atoms with Gasteiger partial charge in [-0.25, -0.2) is 0 Å². The molecule has 1 heterocycles. The maximum Gasteiger partial charge on any atom is 0.250 e. The number of carbonyl (C=O) groups is 1. The number of rotatable bonds is 3. The average molecular weight is 292 g/mol. The molecule has 4 heteroatoms. The van der Waals surface area contributed by atoms with Gasteiger partial charge in [-0.3, -0.25) is 4.79 Å². The first-order chi connectivity index (χ1) is 10.6. The number of phenols is 1. The topological polar surface area (TPSA) is 68.2 Å². The molecule has 110 valence electrons. The number of nitrogens with two attached hydrogens (primary N) is 1. The van der Waals surface area contributed by atoms with Crippen molar-refractivity contribution in [3.8, 4) is 22.6 Å². The van der Waals surface area contributed by atoms with Gasteiger partial charge in [-0.2, -0.15) is 0 Å². The number of carbonyl (C=O) groups excluding carboxylic acids is 1. The lowest BCUT2D eigenvalue weighted by Crippen LogP contribution is -2.12. The molecule has 4 nitrogen and oxygen atoms in total. The van der Waals surface area contributed by atoms with Crippen molar-refractivity contribution in [2.45, 2.75) is 6.92 Å². The van der Waals surface area contributed by atoms with Gasteiger partial charge >= 0.3 is 0 Å². The third kappa shape index (κ3) is 2.35. The highest BCUT2D eigenvalue weighted by Gasteiger charge is 2.12. The van der Waals surface area contributed by atoms with Crippen LogP contribution in [0.15, 0.2) is 60.8 Å². The molecule has 1 aromatic heterocycles. The highest BCUT2D eigenvalue weighted by molar-refractivity contribution is 5.94. The SMILES string of the molecule is Cc1c(C(N)=O)ccn1-c1ccc(-c2ccccc2)c(O)c1. The first-order valence-electron chi connectivity index (χ1n) is 6.94. The van der Waals surface area contributed by atoms with Gasteiger partial charge in [0.25, 0.3) is 5.91 Å². The zero-order chi connectivity index (χ0) is 15.7. The number of amides is 1. The lowest BCUT2D eigenvalue weighted by molar-refractivity contribution is 0.1000. The van der Waals surface area contributed by atoms with Crippen LogP contribution in [-0.4, -0.2) is 15.6 Å². The van der Waals surface area contributed by atoms with Crippen LogP contribution in [0.1, 0.15) is 16.1 Å². The summed E-state index contributed by atoms with van der Waals surface area (Å²) >= 11 is 0. The summed E-state index contributed by atoms with van der Waals surface area (Å²) in [6, 6.07) is 16.8. The van der Waals surface area contributed by atoms with Crippen LogP contribution in [0, 0.1) is 6.92 Å². The minimum absolute atomic E-state index is 0.192. The Balaban J connectivity index is 2.04. The molecule has 0 aliphatic heterocycles. The van der Waals surface area contributed by atoms with E-state index in [2.05, 4.69) is 0 Å². The van der Waals surface area contributed by atoms with Crippen molar-refractivity contribution in [2.24, 2.45) is 5.73 Å². The van der Waals surface area contributed by atoms with Crippen LogP contribution in [0.4, 0.5) is 0 Å². The van der Waals surface area contributed by atoms with Crippen molar-refractivity contribution >= 4 is 5.91 Å². The Hall–Kier alpha value is -3.01. The molecule has 0 aliphatic rings. The molecule has 0 saturated heterocycles. The predicted molar refractivity (Wildman–Crippen MR) is 86.1 cm³/mol. The molecule has 22 heavy (non-hydrogen) atoms. The molecule has 0 unspecified atom stereocenters. The van der Waals surface area contributed by atoms with Crippen molar-refractivity contribution in [3.05, 3.63) is 72.1 Å². The van der Waals surface area contributed by atoms with E-state index in [0.29, 0.717) is 5.56 Å². The zero-order valence-electron chi connectivity index (χ0n) is 12.2. The number of hydrogen-bond donors (Lipinski definition) is 2. The van der Waals surface area contributed by atoms with Gasteiger partial charge in [-0.1, -0.05) is 30.3 Å². The molecule has 0 fully saturated rings. The summed E-state index contributed by atoms with van der Waals surface area (Å²) in [5, 5.41) is 10.3. The molecule has 0 spiro atoms. The summed E-state index contributed by atoms with van der Waals surface area (Å²) in [6.07, 6.45) is 1.77. The third-order valence-corrected chi connectivity index (χ3v) is 3.75. The third-order valence-electron chi connectivity index (χ3n) is 3.75. The van der Waals surface area contributed by atoms with Crippen molar-refractivity contribution in [1.82, 2.24) is 4.57 Å². The van der Waals surface area contributed by atoms with Gasteiger partial charge in [-0.05, 0) is 30.7 Å². The minimum atomic E-state index is -0.457. The molecule has 0 radical (unpaired) electrons. The van der Waals surface area contributed by atoms with E-state index in [1.54, 1.807) is 18.3 Å². The predicted octanol–water partition coefficient (Wildman–Crippen LogP) is 3.26. The Labute approximate surface area is 128 Å². The maximum absolute atomic E-state index is 11.3. The number of aromatic nitrogens is 1. The Bertz CT molecular complexity index is 836. The Morgan fingerprint density at radius 2 is 1.82 bits per heavy atom. The van der Waals surface area contributed by atoms with Crippen LogP contribution in [0.5, 0.6) is 5.75 Å². The quantitative estimate of drug-likeness (QED) is 0.778. The van der Waals surface area contributed by atoms with E-state index < -0.39 is 5.91 Å². The first-order valence-corrected chi connectivity index (χ1v) is 6.94. The summed E-state index contributed by atoms with van der Waals surface area (Å²) in [5.74, 6) is -0.265. The highest BCUT2D eigenvalue weighted by atomic mass is 16.3. The number of hydrogen-bond acceptors (Lipinski definition) is 2. The van der Waals surface area contributed by atoms with Crippen molar-refractivity contribution in [1.29, 1.82) is 0 Å². The van der Waals surface area contributed by atoms with Crippen LogP contribution >= 0.6 is 0 Å². The highest BCUT2D eigenvalue weighted by Crippen LogP contribution is 2.31. The van der Waals surface area contributed by atoms with Gasteiger partial charge in [0.2, 0.25) is 0 Å². The zero-order valence-corrected chi connectivity index (χ0v) is 12.2. The second kappa shape index (κ2) is 5.41. The van der Waals surface area contributed by atoms with Gasteiger partial charge in [0.15, 0.2) is 0 Å². The van der Waals surface area contributed by atoms with E-state index in [1.165, 1.54) is 0 Å². The fourth-order valence-corrected chi connectivity index (χ4v) is 2.58. The summed E-state index contributed by atoms with van der Waals surface area (Å²) in [6.45, 7) is 1.82. The average Bonchev–Trinajstić information content (AvgIpc) is 2.90. The molecular formula is C18H16N2O2. The molecule has 0 bridgehead atoms. The van der Waals surface area contributed by atoms with Crippen molar-refractivity contribution in [2.75, 3.05) is 0 Å². The van der Waals surface area contributed by atoms with E-state index in [-0.39, 0.29) is 5.75 Å². The maximum atomic E-state index is 11.3. The number of phenolic OH excluding ortho intramolecular Hbond substituents is 1. The summed E-state index contributed by atoms with van der Waals surface area (Å²) in [5.41, 5.74) is 9.06. The monoisotopic (exact) mass is 292 g/mol. The minimum Gasteiger partial charge on any atom is -0.507 e. The first kappa shape index (κ1) is 13.9. The number of nitrogens with zero attached hydrogens (tertiary/aromatic N) is 1. The van der Waals surface area contributed by atoms with Gasteiger partial charge < -0.3 is 15.4 Å². The number of primary amides is 1. The fourth-order valence-electron chi connectivity index (χ4n) is 2.58. The van der Waals surface area contributed by atoms with Gasteiger partial charge in [0.05, 0.1) is 5.56 Å². The number of benzene rings is 2. The van der Waals surface area contributed by atoms with Crippen molar-refractivity contribution in [3.63, 3.8) is 0 Å². The smallest absolute Gasteiger partial charge is 0.250 e. The second-order valence-corrected chi connectivity index (χ2v) is 5.12. The largest absolute Gasteiger partial charge is 0.507 e. The Morgan fingerprint density at radius 1 is 1.09 bits per heavy atom. The molecule has 1 amide bonds. The van der Waals surface area contributed by atoms with E-state index in [4.69, 9.17) is 5.73 Å². The summed E-state index contributed by atoms with van der Waals surface area (Å²) < 4.78 is 1.83. The van der Waals surface area contributed by atoms with Gasteiger partial charge in [-0.15, -0.1) is 0 Å². The summed E-state index contributed by atoms with van der Waals surface area (Å²) in [7, 11) is 0. The summed E-state index contributed by atoms with van der Waals surface area (Å²) in [4.78, 5) is 11.3. The Morgan fingerprint density at radius 3 is 2.41 bits per heavy atom. The van der Waals surface area contributed by atoms with Crippen LogP contribution in [0.3, 0.4) is 0 Å². The van der Waals surface area contributed by atoms with Gasteiger partial charge in [0.1, 0.15) is 5.75 Å². The van der Waals surface area contributed by atoms with Crippen molar-refractivity contribution < 1.29 is 9.90 Å². The second-order valence-electron chi connectivity index (χ2n) is 5.12.